The molecule has 1 fully saturated rings. The second-order valence-electron chi connectivity index (χ2n) is 8.92. The van der Waals surface area contributed by atoms with Crippen molar-refractivity contribution in [3.05, 3.63) is 53.6 Å². The predicted molar refractivity (Wildman–Crippen MR) is 128 cm³/mol. The molecule has 33 heavy (non-hydrogen) atoms. The van der Waals surface area contributed by atoms with Crippen molar-refractivity contribution in [1.29, 1.82) is 0 Å². The fourth-order valence-electron chi connectivity index (χ4n) is 4.77. The van der Waals surface area contributed by atoms with Gasteiger partial charge in [0, 0.05) is 30.2 Å². The molecule has 2 heterocycles. The van der Waals surface area contributed by atoms with Crippen LogP contribution < -0.4 is 10.6 Å². The zero-order chi connectivity index (χ0) is 23.4. The molecule has 0 bridgehead atoms. The number of H-pyrrole nitrogens is 1. The Kier molecular flexibility index (Phi) is 6.91. The minimum absolute atomic E-state index is 0.111. The van der Waals surface area contributed by atoms with E-state index in [4.69, 9.17) is 0 Å². The van der Waals surface area contributed by atoms with Gasteiger partial charge in [0.05, 0.1) is 5.69 Å². The largest absolute Gasteiger partial charge is 0.339 e. The van der Waals surface area contributed by atoms with E-state index in [1.165, 1.54) is 17.5 Å². The summed E-state index contributed by atoms with van der Waals surface area (Å²) in [6.45, 7) is 3.96. The number of rotatable bonds is 6. The lowest BCUT2D eigenvalue weighted by Gasteiger charge is -2.26. The third-order valence-electron chi connectivity index (χ3n) is 6.56. The van der Waals surface area contributed by atoms with Gasteiger partial charge in [0.1, 0.15) is 11.7 Å². The number of carbonyl (C=O) groups excluding carboxylic acids is 2. The molecule has 8 nitrogen and oxygen atoms in total. The Morgan fingerprint density at radius 2 is 1.76 bits per heavy atom. The van der Waals surface area contributed by atoms with Crippen molar-refractivity contribution in [2.45, 2.75) is 58.4 Å². The van der Waals surface area contributed by atoms with Crippen LogP contribution in [0.3, 0.4) is 0 Å². The molecule has 2 aromatic heterocycles. The van der Waals surface area contributed by atoms with Crippen LogP contribution in [0.1, 0.15) is 60.4 Å². The highest BCUT2D eigenvalue weighted by atomic mass is 16.2. The topological polar surface area (TPSA) is 105 Å². The molecule has 3 aromatic rings. The van der Waals surface area contributed by atoms with Crippen LogP contribution in [0.15, 0.2) is 36.5 Å². The van der Waals surface area contributed by atoms with Crippen LogP contribution in [0.2, 0.25) is 0 Å². The van der Waals surface area contributed by atoms with E-state index in [9.17, 15) is 9.59 Å². The highest BCUT2D eigenvalue weighted by Gasteiger charge is 2.31. The number of nitrogens with one attached hydrogen (secondary N) is 3. The first-order valence-electron chi connectivity index (χ1n) is 11.7. The van der Waals surface area contributed by atoms with Crippen LogP contribution in [0.25, 0.3) is 11.1 Å². The van der Waals surface area contributed by atoms with Crippen molar-refractivity contribution in [1.82, 2.24) is 25.3 Å². The molecule has 2 amide bonds. The van der Waals surface area contributed by atoms with E-state index in [-0.39, 0.29) is 17.7 Å². The van der Waals surface area contributed by atoms with Gasteiger partial charge in [-0.25, -0.2) is 0 Å². The molecular formula is C25H32N6O2. The molecule has 8 heteroatoms. The lowest BCUT2D eigenvalue weighted by Crippen LogP contribution is -2.48. The number of aryl methyl sites for hydroxylation is 3. The molecule has 0 aliphatic heterocycles. The molecule has 0 unspecified atom stereocenters. The van der Waals surface area contributed by atoms with Gasteiger partial charge in [0.2, 0.25) is 5.91 Å². The molecule has 1 aliphatic carbocycles. The van der Waals surface area contributed by atoms with E-state index in [1.807, 2.05) is 38.1 Å². The number of amides is 2. The number of carbonyl (C=O) groups is 2. The number of nitrogens with zero attached hydrogens (tertiary/aromatic N) is 3. The SMILES string of the molecule is Cc1n[nH]c(C)c1-c1ccc(NC(=O)[C@@H](NC(=O)c2ccnn2C)C2CCCCCC2)cc1. The lowest BCUT2D eigenvalue weighted by molar-refractivity contribution is -0.119. The van der Waals surface area contributed by atoms with Crippen molar-refractivity contribution in [2.75, 3.05) is 5.32 Å². The van der Waals surface area contributed by atoms with Crippen LogP contribution in [-0.2, 0) is 11.8 Å². The zero-order valence-corrected chi connectivity index (χ0v) is 19.5. The van der Waals surface area contributed by atoms with Gasteiger partial charge in [-0.2, -0.15) is 10.2 Å². The summed E-state index contributed by atoms with van der Waals surface area (Å²) in [5.74, 6) is -0.346. The summed E-state index contributed by atoms with van der Waals surface area (Å²) < 4.78 is 1.52. The Bertz CT molecular complexity index is 1090. The molecular weight excluding hydrogens is 416 g/mol. The van der Waals surface area contributed by atoms with Crippen molar-refractivity contribution in [3.63, 3.8) is 0 Å². The Labute approximate surface area is 194 Å². The highest BCUT2D eigenvalue weighted by molar-refractivity contribution is 6.00. The number of anilines is 1. The van der Waals surface area contributed by atoms with Crippen LogP contribution in [-0.4, -0.2) is 37.8 Å². The molecule has 1 atom stereocenters. The van der Waals surface area contributed by atoms with E-state index in [0.717, 1.165) is 48.2 Å². The summed E-state index contributed by atoms with van der Waals surface area (Å²) in [5, 5.41) is 17.4. The number of aromatic nitrogens is 4. The van der Waals surface area contributed by atoms with Gasteiger partial charge >= 0.3 is 0 Å². The number of benzene rings is 1. The molecule has 174 valence electrons. The quantitative estimate of drug-likeness (QED) is 0.493. The average Bonchev–Trinajstić information content (AvgIpc) is 3.26. The molecule has 0 radical (unpaired) electrons. The summed E-state index contributed by atoms with van der Waals surface area (Å²) in [4.78, 5) is 26.3. The second-order valence-corrected chi connectivity index (χ2v) is 8.92. The van der Waals surface area contributed by atoms with Crippen molar-refractivity contribution in [2.24, 2.45) is 13.0 Å². The number of hydrogen-bond acceptors (Lipinski definition) is 4. The average molecular weight is 449 g/mol. The second kappa shape index (κ2) is 10.0. The molecule has 1 aromatic carbocycles. The van der Waals surface area contributed by atoms with Crippen LogP contribution >= 0.6 is 0 Å². The normalized spacial score (nSPS) is 15.6. The van der Waals surface area contributed by atoms with Gasteiger partial charge in [-0.05, 0) is 56.4 Å². The first kappa shape index (κ1) is 22.8. The summed E-state index contributed by atoms with van der Waals surface area (Å²) in [6, 6.07) is 8.82. The summed E-state index contributed by atoms with van der Waals surface area (Å²) in [7, 11) is 1.72. The summed E-state index contributed by atoms with van der Waals surface area (Å²) >= 11 is 0. The van der Waals surface area contributed by atoms with Crippen molar-refractivity contribution >= 4 is 17.5 Å². The molecule has 4 rings (SSSR count). The van der Waals surface area contributed by atoms with Gasteiger partial charge in [0.15, 0.2) is 0 Å². The fraction of sp³-hybridized carbons (Fsp3) is 0.440. The molecule has 0 spiro atoms. The number of hydrogen-bond donors (Lipinski definition) is 3. The van der Waals surface area contributed by atoms with E-state index in [1.54, 1.807) is 19.3 Å². The Balaban J connectivity index is 1.52. The van der Waals surface area contributed by atoms with Gasteiger partial charge in [-0.15, -0.1) is 0 Å². The zero-order valence-electron chi connectivity index (χ0n) is 19.5. The van der Waals surface area contributed by atoms with Gasteiger partial charge in [0.25, 0.3) is 5.91 Å². The maximum atomic E-state index is 13.4. The Hall–Kier alpha value is -3.42. The maximum Gasteiger partial charge on any atom is 0.270 e. The first-order chi connectivity index (χ1) is 15.9. The maximum absolute atomic E-state index is 13.4. The smallest absolute Gasteiger partial charge is 0.270 e. The lowest BCUT2D eigenvalue weighted by atomic mass is 9.91. The van der Waals surface area contributed by atoms with Gasteiger partial charge < -0.3 is 10.6 Å². The monoisotopic (exact) mass is 448 g/mol. The standard InChI is InChI=1S/C25H32N6O2/c1-16-22(17(2)30-29-16)18-10-12-20(13-11-18)27-25(33)23(19-8-6-4-5-7-9-19)28-24(32)21-14-15-26-31(21)3/h10-15,19,23H,4-9H2,1-3H3,(H,27,33)(H,28,32)(H,29,30)/t23-/m0/s1. The Morgan fingerprint density at radius 1 is 1.06 bits per heavy atom. The van der Waals surface area contributed by atoms with Gasteiger partial charge in [-0.3, -0.25) is 19.4 Å². The fourth-order valence-corrected chi connectivity index (χ4v) is 4.77. The number of aromatic amines is 1. The molecule has 1 aliphatic rings. The summed E-state index contributed by atoms with van der Waals surface area (Å²) in [6.07, 6.45) is 7.95. The van der Waals surface area contributed by atoms with E-state index in [2.05, 4.69) is 25.9 Å². The van der Waals surface area contributed by atoms with E-state index < -0.39 is 6.04 Å². The van der Waals surface area contributed by atoms with Crippen LogP contribution in [0, 0.1) is 19.8 Å². The van der Waals surface area contributed by atoms with Crippen molar-refractivity contribution < 1.29 is 9.59 Å². The third kappa shape index (κ3) is 5.16. The summed E-state index contributed by atoms with van der Waals surface area (Å²) in [5.41, 5.74) is 5.22. The molecule has 1 saturated carbocycles. The van der Waals surface area contributed by atoms with E-state index in [0.29, 0.717) is 11.4 Å². The van der Waals surface area contributed by atoms with Crippen molar-refractivity contribution in [3.8, 4) is 11.1 Å². The predicted octanol–water partition coefficient (Wildman–Crippen LogP) is 4.13. The molecule has 0 saturated heterocycles. The first-order valence-corrected chi connectivity index (χ1v) is 11.7. The molecule has 3 N–H and O–H groups in total. The highest BCUT2D eigenvalue weighted by Crippen LogP contribution is 2.28. The minimum atomic E-state index is -0.594. The van der Waals surface area contributed by atoms with Gasteiger partial charge in [-0.1, -0.05) is 37.8 Å². The van der Waals surface area contributed by atoms with Crippen LogP contribution in [0.4, 0.5) is 5.69 Å². The third-order valence-corrected chi connectivity index (χ3v) is 6.56. The minimum Gasteiger partial charge on any atom is -0.339 e. The van der Waals surface area contributed by atoms with E-state index >= 15 is 0 Å². The Morgan fingerprint density at radius 3 is 2.33 bits per heavy atom. The van der Waals surface area contributed by atoms with Crippen LogP contribution in [0.5, 0.6) is 0 Å².